The van der Waals surface area contributed by atoms with Gasteiger partial charge in [0.15, 0.2) is 5.96 Å². The van der Waals surface area contributed by atoms with Crippen LogP contribution >= 0.6 is 0 Å². The summed E-state index contributed by atoms with van der Waals surface area (Å²) in [6.07, 6.45) is 0.744. The van der Waals surface area contributed by atoms with Crippen molar-refractivity contribution in [2.45, 2.75) is 19.5 Å². The monoisotopic (exact) mass is 384 g/mol. The van der Waals surface area contributed by atoms with Crippen molar-refractivity contribution < 1.29 is 9.13 Å². The number of benzene rings is 2. The Morgan fingerprint density at radius 2 is 1.79 bits per heavy atom. The van der Waals surface area contributed by atoms with Gasteiger partial charge in [-0.3, -0.25) is 9.89 Å². The van der Waals surface area contributed by atoms with E-state index < -0.39 is 0 Å². The van der Waals surface area contributed by atoms with Gasteiger partial charge in [-0.2, -0.15) is 0 Å². The molecule has 28 heavy (non-hydrogen) atoms. The molecular formula is C22H29FN4O. The van der Waals surface area contributed by atoms with Gasteiger partial charge in [0.25, 0.3) is 0 Å². The molecule has 6 heteroatoms. The minimum absolute atomic E-state index is 0.197. The highest BCUT2D eigenvalue weighted by Gasteiger charge is 2.10. The average molecular weight is 384 g/mol. The maximum atomic E-state index is 13.2. The summed E-state index contributed by atoms with van der Waals surface area (Å²) in [6.45, 7) is 5.97. The molecule has 1 saturated heterocycles. The fraction of sp³-hybridized carbons (Fsp3) is 0.409. The SMILES string of the molecule is CN=C(NCCc1cccc(F)c1)NCc1cccc(CN2CCOCC2)c1. The molecular weight excluding hydrogens is 355 g/mol. The first-order valence-electron chi connectivity index (χ1n) is 9.80. The maximum Gasteiger partial charge on any atom is 0.191 e. The van der Waals surface area contributed by atoms with Gasteiger partial charge in [-0.05, 0) is 35.2 Å². The molecule has 0 aliphatic carbocycles. The van der Waals surface area contributed by atoms with Crippen LogP contribution in [0.2, 0.25) is 0 Å². The number of morpholine rings is 1. The molecule has 1 aliphatic rings. The summed E-state index contributed by atoms with van der Waals surface area (Å²) in [5.74, 6) is 0.548. The van der Waals surface area contributed by atoms with Crippen molar-refractivity contribution in [3.63, 3.8) is 0 Å². The van der Waals surface area contributed by atoms with Gasteiger partial charge in [0, 0.05) is 39.8 Å². The smallest absolute Gasteiger partial charge is 0.191 e. The van der Waals surface area contributed by atoms with Crippen molar-refractivity contribution in [2.75, 3.05) is 39.9 Å². The van der Waals surface area contributed by atoms with Crippen LogP contribution in [0.1, 0.15) is 16.7 Å². The van der Waals surface area contributed by atoms with Gasteiger partial charge < -0.3 is 15.4 Å². The third kappa shape index (κ3) is 6.62. The summed E-state index contributed by atoms with van der Waals surface area (Å²) in [5.41, 5.74) is 3.51. The second kappa shape index (κ2) is 10.8. The van der Waals surface area contributed by atoms with Gasteiger partial charge in [0.1, 0.15) is 5.82 Å². The highest BCUT2D eigenvalue weighted by Crippen LogP contribution is 2.10. The molecule has 3 rings (SSSR count). The van der Waals surface area contributed by atoms with E-state index in [2.05, 4.69) is 44.8 Å². The van der Waals surface area contributed by atoms with E-state index >= 15 is 0 Å². The van der Waals surface area contributed by atoms with Gasteiger partial charge in [-0.15, -0.1) is 0 Å². The molecule has 0 amide bonds. The zero-order valence-corrected chi connectivity index (χ0v) is 16.5. The van der Waals surface area contributed by atoms with Crippen LogP contribution in [0.3, 0.4) is 0 Å². The van der Waals surface area contributed by atoms with Crippen LogP contribution in [0.5, 0.6) is 0 Å². The van der Waals surface area contributed by atoms with Crippen molar-refractivity contribution in [1.82, 2.24) is 15.5 Å². The first kappa shape index (κ1) is 20.3. The number of rotatable bonds is 7. The second-order valence-electron chi connectivity index (χ2n) is 6.94. The van der Waals surface area contributed by atoms with Gasteiger partial charge >= 0.3 is 0 Å². The molecule has 5 nitrogen and oxygen atoms in total. The summed E-state index contributed by atoms with van der Waals surface area (Å²) in [6, 6.07) is 15.3. The molecule has 0 saturated carbocycles. The van der Waals surface area contributed by atoms with E-state index in [1.54, 1.807) is 19.2 Å². The molecule has 0 atom stereocenters. The molecule has 1 fully saturated rings. The molecule has 0 bridgehead atoms. The largest absolute Gasteiger partial charge is 0.379 e. The van der Waals surface area contributed by atoms with Crippen LogP contribution < -0.4 is 10.6 Å². The molecule has 150 valence electrons. The molecule has 2 aromatic carbocycles. The number of guanidine groups is 1. The number of nitrogens with zero attached hydrogens (tertiary/aromatic N) is 2. The average Bonchev–Trinajstić information content (AvgIpc) is 2.72. The molecule has 1 heterocycles. The second-order valence-corrected chi connectivity index (χ2v) is 6.94. The number of hydrogen-bond donors (Lipinski definition) is 2. The molecule has 0 aromatic heterocycles. The first-order valence-corrected chi connectivity index (χ1v) is 9.80. The Morgan fingerprint density at radius 1 is 1.04 bits per heavy atom. The number of nitrogens with one attached hydrogen (secondary N) is 2. The quantitative estimate of drug-likeness (QED) is 0.569. The maximum absolute atomic E-state index is 13.2. The summed E-state index contributed by atoms with van der Waals surface area (Å²) in [5, 5.41) is 6.63. The summed E-state index contributed by atoms with van der Waals surface area (Å²) < 4.78 is 18.7. The molecule has 2 aromatic rings. The lowest BCUT2D eigenvalue weighted by Gasteiger charge is -2.26. The number of ether oxygens (including phenoxy) is 1. The first-order chi connectivity index (χ1) is 13.7. The van der Waals surface area contributed by atoms with Crippen LogP contribution in [-0.4, -0.2) is 50.8 Å². The Hall–Kier alpha value is -2.44. The Kier molecular flexibility index (Phi) is 7.82. The number of hydrogen-bond acceptors (Lipinski definition) is 3. The van der Waals surface area contributed by atoms with Crippen LogP contribution in [-0.2, 0) is 24.2 Å². The Balaban J connectivity index is 1.44. The van der Waals surface area contributed by atoms with Crippen molar-refractivity contribution >= 4 is 5.96 Å². The van der Waals surface area contributed by atoms with Crippen molar-refractivity contribution in [3.8, 4) is 0 Å². The lowest BCUT2D eigenvalue weighted by molar-refractivity contribution is 0.0342. The van der Waals surface area contributed by atoms with Gasteiger partial charge in [0.05, 0.1) is 13.2 Å². The summed E-state index contributed by atoms with van der Waals surface area (Å²) in [4.78, 5) is 6.69. The minimum Gasteiger partial charge on any atom is -0.379 e. The van der Waals surface area contributed by atoms with Gasteiger partial charge in [-0.1, -0.05) is 36.4 Å². The standard InChI is InChI=1S/C22H29FN4O/c1-24-22(25-9-8-18-4-3-7-21(23)15-18)26-16-19-5-2-6-20(14-19)17-27-10-12-28-13-11-27/h2-7,14-15H,8-13,16-17H2,1H3,(H2,24,25,26). The lowest BCUT2D eigenvalue weighted by atomic mass is 10.1. The Morgan fingerprint density at radius 3 is 2.57 bits per heavy atom. The van der Waals surface area contributed by atoms with E-state index in [0.29, 0.717) is 13.1 Å². The van der Waals surface area contributed by atoms with Crippen LogP contribution in [0, 0.1) is 5.82 Å². The van der Waals surface area contributed by atoms with E-state index in [1.165, 1.54) is 17.2 Å². The van der Waals surface area contributed by atoms with E-state index in [9.17, 15) is 4.39 Å². The normalized spacial score (nSPS) is 15.4. The fourth-order valence-corrected chi connectivity index (χ4v) is 3.28. The highest BCUT2D eigenvalue weighted by atomic mass is 19.1. The van der Waals surface area contributed by atoms with E-state index in [-0.39, 0.29) is 5.82 Å². The van der Waals surface area contributed by atoms with Gasteiger partial charge in [0.2, 0.25) is 0 Å². The number of aliphatic imine (C=N–C) groups is 1. The zero-order valence-electron chi connectivity index (χ0n) is 16.5. The van der Waals surface area contributed by atoms with Gasteiger partial charge in [-0.25, -0.2) is 4.39 Å². The summed E-state index contributed by atoms with van der Waals surface area (Å²) >= 11 is 0. The topological polar surface area (TPSA) is 48.9 Å². The predicted molar refractivity (Wildman–Crippen MR) is 111 cm³/mol. The number of halogens is 1. The Labute approximate surface area is 166 Å². The van der Waals surface area contributed by atoms with Crippen LogP contribution in [0.4, 0.5) is 4.39 Å². The lowest BCUT2D eigenvalue weighted by Crippen LogP contribution is -2.38. The summed E-state index contributed by atoms with van der Waals surface area (Å²) in [7, 11) is 1.76. The van der Waals surface area contributed by atoms with E-state index in [4.69, 9.17) is 4.74 Å². The third-order valence-corrected chi connectivity index (χ3v) is 4.78. The highest BCUT2D eigenvalue weighted by molar-refractivity contribution is 5.79. The molecule has 0 unspecified atom stereocenters. The van der Waals surface area contributed by atoms with Crippen LogP contribution in [0.15, 0.2) is 53.5 Å². The predicted octanol–water partition coefficient (Wildman–Crippen LogP) is 2.57. The Bertz CT molecular complexity index is 775. The minimum atomic E-state index is -0.197. The van der Waals surface area contributed by atoms with E-state index in [0.717, 1.165) is 50.8 Å². The molecule has 1 aliphatic heterocycles. The third-order valence-electron chi connectivity index (χ3n) is 4.78. The van der Waals surface area contributed by atoms with Crippen molar-refractivity contribution in [1.29, 1.82) is 0 Å². The van der Waals surface area contributed by atoms with Crippen LogP contribution in [0.25, 0.3) is 0 Å². The zero-order chi connectivity index (χ0) is 19.6. The fourth-order valence-electron chi connectivity index (χ4n) is 3.28. The molecule has 2 N–H and O–H groups in total. The molecule has 0 spiro atoms. The van der Waals surface area contributed by atoms with E-state index in [1.807, 2.05) is 6.07 Å². The molecule has 0 radical (unpaired) electrons. The van der Waals surface area contributed by atoms with Crippen molar-refractivity contribution in [2.24, 2.45) is 4.99 Å². The van der Waals surface area contributed by atoms with Crippen molar-refractivity contribution in [3.05, 3.63) is 71.0 Å².